The lowest BCUT2D eigenvalue weighted by Crippen LogP contribution is -1.99. The van der Waals surface area contributed by atoms with Gasteiger partial charge in [0.25, 0.3) is 0 Å². The van der Waals surface area contributed by atoms with Crippen molar-refractivity contribution < 1.29 is 4.42 Å². The Morgan fingerprint density at radius 2 is 1.80 bits per heavy atom. The zero-order valence-electron chi connectivity index (χ0n) is 12.9. The maximum Gasteiger partial charge on any atom is 0.323 e. The Hall–Kier alpha value is -2.63. The van der Waals surface area contributed by atoms with E-state index >= 15 is 0 Å². The maximum atomic E-state index is 11.3. The number of fused-ring (bicyclic) bond motifs is 1. The van der Waals surface area contributed by atoms with Gasteiger partial charge in [0.2, 0.25) is 0 Å². The van der Waals surface area contributed by atoms with Gasteiger partial charge in [-0.05, 0) is 48.5 Å². The first-order valence-corrected chi connectivity index (χ1v) is 8.34. The van der Waals surface area contributed by atoms with Crippen molar-refractivity contribution in [3.05, 3.63) is 74.8 Å². The molecule has 0 unspecified atom stereocenters. The summed E-state index contributed by atoms with van der Waals surface area (Å²) in [7, 11) is 0. The smallest absolute Gasteiger partial charge is 0.323 e. The Labute approximate surface area is 152 Å². The number of H-pyrrole nitrogens is 2. The minimum atomic E-state index is -0.220. The van der Waals surface area contributed by atoms with Crippen molar-refractivity contribution in [1.82, 2.24) is 9.97 Å². The Morgan fingerprint density at radius 1 is 0.960 bits per heavy atom. The lowest BCUT2D eigenvalue weighted by molar-refractivity contribution is 0.531. The van der Waals surface area contributed by atoms with Gasteiger partial charge >= 0.3 is 5.69 Å². The average Bonchev–Trinajstić information content (AvgIpc) is 3.18. The number of hydrogen-bond donors (Lipinski definition) is 3. The van der Waals surface area contributed by atoms with E-state index in [9.17, 15) is 4.79 Å². The van der Waals surface area contributed by atoms with Crippen molar-refractivity contribution >= 4 is 39.9 Å². The number of anilines is 1. The second kappa shape index (κ2) is 6.35. The lowest BCUT2D eigenvalue weighted by Gasteiger charge is -2.05. The van der Waals surface area contributed by atoms with E-state index in [1.54, 1.807) is 12.1 Å². The molecule has 0 atom stereocenters. The molecule has 0 amide bonds. The molecule has 0 aliphatic carbocycles. The molecule has 3 N–H and O–H groups in total. The summed E-state index contributed by atoms with van der Waals surface area (Å²) in [6, 6.07) is 14.7. The molecule has 0 spiro atoms. The Bertz CT molecular complexity index is 1110. The summed E-state index contributed by atoms with van der Waals surface area (Å²) in [6.07, 6.45) is 0. The first-order chi connectivity index (χ1) is 12.1. The van der Waals surface area contributed by atoms with Crippen LogP contribution in [-0.2, 0) is 6.54 Å². The number of nitrogens with one attached hydrogen (secondary N) is 3. The van der Waals surface area contributed by atoms with Crippen LogP contribution in [0.5, 0.6) is 0 Å². The molecule has 0 saturated heterocycles. The largest absolute Gasteiger partial charge is 0.459 e. The molecule has 2 aromatic heterocycles. The Morgan fingerprint density at radius 3 is 2.64 bits per heavy atom. The van der Waals surface area contributed by atoms with Crippen LogP contribution in [0.1, 0.15) is 5.76 Å². The summed E-state index contributed by atoms with van der Waals surface area (Å²) in [5.41, 5.74) is 2.98. The summed E-state index contributed by atoms with van der Waals surface area (Å²) in [4.78, 5) is 16.7. The minimum Gasteiger partial charge on any atom is -0.459 e. The molecule has 4 rings (SSSR count). The van der Waals surface area contributed by atoms with Crippen molar-refractivity contribution in [2.45, 2.75) is 6.54 Å². The quantitative estimate of drug-likeness (QED) is 0.469. The van der Waals surface area contributed by atoms with Crippen LogP contribution in [0.4, 0.5) is 5.69 Å². The predicted molar refractivity (Wildman–Crippen MR) is 100 cm³/mol. The van der Waals surface area contributed by atoms with Crippen LogP contribution in [0.25, 0.3) is 22.4 Å². The van der Waals surface area contributed by atoms with Crippen molar-refractivity contribution in [3.8, 4) is 11.3 Å². The number of halogens is 2. The van der Waals surface area contributed by atoms with E-state index in [1.165, 1.54) is 0 Å². The lowest BCUT2D eigenvalue weighted by atomic mass is 10.2. The van der Waals surface area contributed by atoms with Crippen molar-refractivity contribution in [2.75, 3.05) is 5.32 Å². The molecule has 25 heavy (non-hydrogen) atoms. The monoisotopic (exact) mass is 373 g/mol. The number of imidazole rings is 1. The molecule has 126 valence electrons. The highest BCUT2D eigenvalue weighted by Gasteiger charge is 2.09. The van der Waals surface area contributed by atoms with Gasteiger partial charge in [-0.25, -0.2) is 4.79 Å². The zero-order chi connectivity index (χ0) is 17.4. The zero-order valence-corrected chi connectivity index (χ0v) is 14.4. The van der Waals surface area contributed by atoms with Crippen LogP contribution in [0.2, 0.25) is 10.0 Å². The van der Waals surface area contributed by atoms with Crippen LogP contribution in [0, 0.1) is 0 Å². The molecule has 5 nitrogen and oxygen atoms in total. The number of aromatic nitrogens is 2. The second-order valence-electron chi connectivity index (χ2n) is 5.58. The van der Waals surface area contributed by atoms with Crippen molar-refractivity contribution in [2.24, 2.45) is 0 Å². The van der Waals surface area contributed by atoms with Gasteiger partial charge in [0.15, 0.2) is 0 Å². The fraction of sp³-hybridized carbons (Fsp3) is 0.0556. The van der Waals surface area contributed by atoms with E-state index in [4.69, 9.17) is 27.6 Å². The third kappa shape index (κ3) is 3.29. The highest BCUT2D eigenvalue weighted by atomic mass is 35.5. The fourth-order valence-electron chi connectivity index (χ4n) is 2.64. The number of hydrogen-bond acceptors (Lipinski definition) is 3. The van der Waals surface area contributed by atoms with Gasteiger partial charge in [0, 0.05) is 16.3 Å². The van der Waals surface area contributed by atoms with Crippen LogP contribution in [-0.4, -0.2) is 9.97 Å². The number of benzene rings is 2. The SMILES string of the molecule is O=c1[nH]c2ccc(NCc3ccc(-c4ccc(Cl)cc4Cl)o3)cc2[nH]1. The molecular formula is C18H13Cl2N3O2. The van der Waals surface area contributed by atoms with E-state index in [2.05, 4.69) is 15.3 Å². The molecule has 4 aromatic rings. The summed E-state index contributed by atoms with van der Waals surface area (Å²) >= 11 is 12.1. The van der Waals surface area contributed by atoms with Gasteiger partial charge in [0.1, 0.15) is 11.5 Å². The number of rotatable bonds is 4. The van der Waals surface area contributed by atoms with E-state index < -0.39 is 0 Å². The third-order valence-electron chi connectivity index (χ3n) is 3.84. The Balaban J connectivity index is 1.51. The average molecular weight is 374 g/mol. The van der Waals surface area contributed by atoms with Gasteiger partial charge in [-0.3, -0.25) is 0 Å². The molecule has 0 bridgehead atoms. The minimum absolute atomic E-state index is 0.220. The molecule has 2 aromatic carbocycles. The molecular weight excluding hydrogens is 361 g/mol. The van der Waals surface area contributed by atoms with Crippen LogP contribution in [0.15, 0.2) is 57.7 Å². The normalized spacial score (nSPS) is 11.1. The number of aromatic amines is 2. The van der Waals surface area contributed by atoms with E-state index in [0.29, 0.717) is 22.4 Å². The highest BCUT2D eigenvalue weighted by Crippen LogP contribution is 2.31. The van der Waals surface area contributed by atoms with E-state index in [-0.39, 0.29) is 5.69 Å². The van der Waals surface area contributed by atoms with Crippen molar-refractivity contribution in [3.63, 3.8) is 0 Å². The summed E-state index contributed by atoms with van der Waals surface area (Å²) in [5, 5.41) is 4.40. The first kappa shape index (κ1) is 15.9. The highest BCUT2D eigenvalue weighted by molar-refractivity contribution is 6.36. The van der Waals surface area contributed by atoms with E-state index in [0.717, 1.165) is 28.0 Å². The van der Waals surface area contributed by atoms with Crippen molar-refractivity contribution in [1.29, 1.82) is 0 Å². The molecule has 7 heteroatoms. The molecule has 0 aliphatic heterocycles. The van der Waals surface area contributed by atoms with Crippen LogP contribution >= 0.6 is 23.2 Å². The molecule has 2 heterocycles. The van der Waals surface area contributed by atoms with Gasteiger partial charge < -0.3 is 19.7 Å². The molecule has 0 radical (unpaired) electrons. The summed E-state index contributed by atoms with van der Waals surface area (Å²) in [6.45, 7) is 0.505. The van der Waals surface area contributed by atoms with Crippen LogP contribution in [0.3, 0.4) is 0 Å². The molecule has 0 saturated carbocycles. The van der Waals surface area contributed by atoms with Gasteiger partial charge in [-0.15, -0.1) is 0 Å². The first-order valence-electron chi connectivity index (χ1n) is 7.58. The maximum absolute atomic E-state index is 11.3. The second-order valence-corrected chi connectivity index (χ2v) is 6.43. The molecule has 0 aliphatic rings. The van der Waals surface area contributed by atoms with Gasteiger partial charge in [-0.1, -0.05) is 23.2 Å². The topological polar surface area (TPSA) is 73.8 Å². The van der Waals surface area contributed by atoms with Gasteiger partial charge in [0.05, 0.1) is 22.6 Å². The standard InChI is InChI=1S/C18H13Cl2N3O2/c19-10-1-4-13(14(20)7-10)17-6-3-12(25-17)9-21-11-2-5-15-16(8-11)23-18(24)22-15/h1-8,21H,9H2,(H2,22,23,24). The summed E-state index contributed by atoms with van der Waals surface area (Å²) < 4.78 is 5.85. The predicted octanol–water partition coefficient (Wildman–Crippen LogP) is 5.04. The molecule has 0 fully saturated rings. The third-order valence-corrected chi connectivity index (χ3v) is 4.39. The van der Waals surface area contributed by atoms with E-state index in [1.807, 2.05) is 36.4 Å². The Kier molecular flexibility index (Phi) is 4.03. The van der Waals surface area contributed by atoms with Crippen LogP contribution < -0.4 is 11.0 Å². The van der Waals surface area contributed by atoms with Gasteiger partial charge in [-0.2, -0.15) is 0 Å². The number of furan rings is 1. The summed E-state index contributed by atoms with van der Waals surface area (Å²) in [5.74, 6) is 1.45. The fourth-order valence-corrected chi connectivity index (χ4v) is 3.14.